The monoisotopic (exact) mass is 400 g/mol. The molecule has 2 fully saturated rings. The predicted octanol–water partition coefficient (Wildman–Crippen LogP) is 5.85. The van der Waals surface area contributed by atoms with E-state index in [9.17, 15) is 19.8 Å². The lowest BCUT2D eigenvalue weighted by Gasteiger charge is -2.16. The number of aliphatic carboxylic acids is 2. The molecule has 2 aliphatic rings. The van der Waals surface area contributed by atoms with Crippen LogP contribution in [0.2, 0.25) is 0 Å². The third kappa shape index (κ3) is 5.21. The van der Waals surface area contributed by atoms with Crippen molar-refractivity contribution in [3.8, 4) is 0 Å². The van der Waals surface area contributed by atoms with Gasteiger partial charge < -0.3 is 10.2 Å². The lowest BCUT2D eigenvalue weighted by Crippen LogP contribution is -2.14. The predicted molar refractivity (Wildman–Crippen MR) is 114 cm³/mol. The molecule has 0 heterocycles. The molecule has 0 saturated heterocycles. The first-order chi connectivity index (χ1) is 13.8. The highest BCUT2D eigenvalue weighted by Crippen LogP contribution is 2.50. The van der Waals surface area contributed by atoms with Crippen molar-refractivity contribution in [2.24, 2.45) is 10.8 Å². The van der Waals surface area contributed by atoms with Gasteiger partial charge in [0.2, 0.25) is 0 Å². The van der Waals surface area contributed by atoms with Gasteiger partial charge in [0.15, 0.2) is 0 Å². The fraction of sp³-hybridized carbons (Fsp3) is 0.680. The van der Waals surface area contributed by atoms with Gasteiger partial charge >= 0.3 is 11.9 Å². The highest BCUT2D eigenvalue weighted by Gasteiger charge is 2.49. The van der Waals surface area contributed by atoms with Crippen LogP contribution in [0.25, 0.3) is 0 Å². The minimum absolute atomic E-state index is 0.382. The van der Waals surface area contributed by atoms with Gasteiger partial charge in [0.1, 0.15) is 0 Å². The standard InChI is InChI=1S/C25H36O4/c1-18-10-11-20(8-4-3-6-12-24(14-15-24)22(26)27)19(2)21(18)9-5-7-13-25(16-17-25)23(28)29/h10-11H,3-9,12-17H2,1-2H3,(H,26,27)(H,28,29). The third-order valence-electron chi connectivity index (χ3n) is 7.49. The van der Waals surface area contributed by atoms with Crippen LogP contribution in [-0.4, -0.2) is 22.2 Å². The fourth-order valence-corrected chi connectivity index (χ4v) is 4.76. The van der Waals surface area contributed by atoms with Crippen molar-refractivity contribution in [2.45, 2.75) is 97.3 Å². The van der Waals surface area contributed by atoms with E-state index in [1.165, 1.54) is 22.3 Å². The summed E-state index contributed by atoms with van der Waals surface area (Å²) in [6.45, 7) is 4.40. The number of rotatable bonds is 13. The van der Waals surface area contributed by atoms with Crippen LogP contribution in [0, 0.1) is 24.7 Å². The Morgan fingerprint density at radius 1 is 0.793 bits per heavy atom. The molecule has 0 spiro atoms. The van der Waals surface area contributed by atoms with Crippen LogP contribution in [-0.2, 0) is 22.4 Å². The molecule has 0 aliphatic heterocycles. The molecule has 0 aromatic heterocycles. The van der Waals surface area contributed by atoms with Crippen molar-refractivity contribution >= 4 is 11.9 Å². The Morgan fingerprint density at radius 2 is 1.31 bits per heavy atom. The number of carboxylic acid groups (broad SMARTS) is 2. The molecular weight excluding hydrogens is 364 g/mol. The number of hydrogen-bond donors (Lipinski definition) is 2. The van der Waals surface area contributed by atoms with Crippen LogP contribution < -0.4 is 0 Å². The Morgan fingerprint density at radius 3 is 1.83 bits per heavy atom. The van der Waals surface area contributed by atoms with Crippen molar-refractivity contribution in [3.63, 3.8) is 0 Å². The number of aryl methyl sites for hydroxylation is 2. The zero-order valence-electron chi connectivity index (χ0n) is 18.1. The van der Waals surface area contributed by atoms with Gasteiger partial charge in [-0.15, -0.1) is 0 Å². The molecule has 2 N–H and O–H groups in total. The van der Waals surface area contributed by atoms with Crippen LogP contribution in [0.4, 0.5) is 0 Å². The van der Waals surface area contributed by atoms with Gasteiger partial charge in [0.05, 0.1) is 10.8 Å². The van der Waals surface area contributed by atoms with E-state index in [1.807, 2.05) is 0 Å². The molecule has 1 aromatic carbocycles. The Bertz CT molecular complexity index is 756. The molecule has 0 radical (unpaired) electrons. The number of hydrogen-bond acceptors (Lipinski definition) is 2. The van der Waals surface area contributed by atoms with Gasteiger partial charge in [-0.3, -0.25) is 9.59 Å². The number of unbranched alkanes of at least 4 members (excludes halogenated alkanes) is 3. The molecule has 1 aromatic rings. The molecule has 0 unspecified atom stereocenters. The topological polar surface area (TPSA) is 74.6 Å². The molecule has 3 rings (SSSR count). The van der Waals surface area contributed by atoms with E-state index in [0.717, 1.165) is 83.5 Å². The third-order valence-corrected chi connectivity index (χ3v) is 7.49. The van der Waals surface area contributed by atoms with Crippen molar-refractivity contribution in [1.29, 1.82) is 0 Å². The van der Waals surface area contributed by atoms with Crippen LogP contribution in [0.5, 0.6) is 0 Å². The van der Waals surface area contributed by atoms with Gasteiger partial charge in [-0.05, 0) is 100 Å². The van der Waals surface area contributed by atoms with Crippen LogP contribution in [0.3, 0.4) is 0 Å². The quantitative estimate of drug-likeness (QED) is 0.407. The zero-order chi connectivity index (χ0) is 21.1. The van der Waals surface area contributed by atoms with Crippen LogP contribution >= 0.6 is 0 Å². The Labute approximate surface area is 174 Å². The van der Waals surface area contributed by atoms with Crippen molar-refractivity contribution in [2.75, 3.05) is 0 Å². The van der Waals surface area contributed by atoms with Crippen LogP contribution in [0.15, 0.2) is 12.1 Å². The van der Waals surface area contributed by atoms with E-state index in [0.29, 0.717) is 0 Å². The van der Waals surface area contributed by atoms with E-state index in [-0.39, 0.29) is 5.41 Å². The number of benzene rings is 1. The summed E-state index contributed by atoms with van der Waals surface area (Å²) in [6.07, 6.45) is 12.4. The maximum absolute atomic E-state index is 11.3. The molecule has 2 aliphatic carbocycles. The minimum Gasteiger partial charge on any atom is -0.481 e. The molecule has 160 valence electrons. The van der Waals surface area contributed by atoms with Gasteiger partial charge in [-0.2, -0.15) is 0 Å². The molecule has 4 heteroatoms. The Kier molecular flexibility index (Phi) is 6.70. The summed E-state index contributed by atoms with van der Waals surface area (Å²) < 4.78 is 0. The van der Waals surface area contributed by atoms with Crippen molar-refractivity contribution in [1.82, 2.24) is 0 Å². The number of carbonyl (C=O) groups is 2. The SMILES string of the molecule is Cc1ccc(CCCCCC2(C(=O)O)CC2)c(C)c1CCCCC1(C(=O)O)CC1. The second kappa shape index (κ2) is 8.89. The van der Waals surface area contributed by atoms with E-state index < -0.39 is 17.4 Å². The summed E-state index contributed by atoms with van der Waals surface area (Å²) in [7, 11) is 0. The maximum atomic E-state index is 11.3. The van der Waals surface area contributed by atoms with E-state index in [2.05, 4.69) is 26.0 Å². The lowest BCUT2D eigenvalue weighted by atomic mass is 9.90. The summed E-state index contributed by atoms with van der Waals surface area (Å²) in [4.78, 5) is 22.6. The summed E-state index contributed by atoms with van der Waals surface area (Å²) in [5, 5.41) is 18.6. The Hall–Kier alpha value is -1.84. The van der Waals surface area contributed by atoms with Gasteiger partial charge in [-0.25, -0.2) is 0 Å². The maximum Gasteiger partial charge on any atom is 0.309 e. The second-order valence-electron chi connectivity index (χ2n) is 9.58. The lowest BCUT2D eigenvalue weighted by molar-refractivity contribution is -0.144. The summed E-state index contributed by atoms with van der Waals surface area (Å²) in [6, 6.07) is 4.47. The molecular formula is C25H36O4. The average molecular weight is 401 g/mol. The van der Waals surface area contributed by atoms with Gasteiger partial charge in [0, 0.05) is 0 Å². The number of carboxylic acids is 2. The van der Waals surface area contributed by atoms with E-state index in [4.69, 9.17) is 0 Å². The van der Waals surface area contributed by atoms with Gasteiger partial charge in [0.25, 0.3) is 0 Å². The summed E-state index contributed by atoms with van der Waals surface area (Å²) in [5.74, 6) is -1.21. The Balaban J connectivity index is 1.43. The molecule has 0 atom stereocenters. The summed E-state index contributed by atoms with van der Waals surface area (Å²) >= 11 is 0. The summed E-state index contributed by atoms with van der Waals surface area (Å²) in [5.41, 5.74) is 4.80. The zero-order valence-corrected chi connectivity index (χ0v) is 18.1. The first-order valence-corrected chi connectivity index (χ1v) is 11.3. The van der Waals surface area contributed by atoms with E-state index in [1.54, 1.807) is 0 Å². The highest BCUT2D eigenvalue weighted by atomic mass is 16.4. The fourth-order valence-electron chi connectivity index (χ4n) is 4.76. The highest BCUT2D eigenvalue weighted by molar-refractivity contribution is 5.78. The van der Waals surface area contributed by atoms with Gasteiger partial charge in [-0.1, -0.05) is 31.4 Å². The molecule has 4 nitrogen and oxygen atoms in total. The average Bonchev–Trinajstić information content (AvgIpc) is 3.58. The largest absolute Gasteiger partial charge is 0.481 e. The van der Waals surface area contributed by atoms with Crippen molar-refractivity contribution in [3.05, 3.63) is 34.4 Å². The second-order valence-corrected chi connectivity index (χ2v) is 9.58. The molecule has 0 amide bonds. The van der Waals surface area contributed by atoms with Crippen molar-refractivity contribution < 1.29 is 19.8 Å². The minimum atomic E-state index is -0.609. The first kappa shape index (κ1) is 21.9. The first-order valence-electron chi connectivity index (χ1n) is 11.3. The molecule has 2 saturated carbocycles. The van der Waals surface area contributed by atoms with Crippen LogP contribution in [0.1, 0.15) is 92.9 Å². The normalized spacial score (nSPS) is 18.4. The molecule has 29 heavy (non-hydrogen) atoms. The molecule has 0 bridgehead atoms. The smallest absolute Gasteiger partial charge is 0.309 e. The van der Waals surface area contributed by atoms with E-state index >= 15 is 0 Å².